The summed E-state index contributed by atoms with van der Waals surface area (Å²) in [6.45, 7) is 0. The smallest absolute Gasteiger partial charge is 0.126 e. The molecule has 0 amide bonds. The monoisotopic (exact) mass is 230 g/mol. The van der Waals surface area contributed by atoms with Crippen molar-refractivity contribution < 1.29 is 15.3 Å². The lowest BCUT2D eigenvalue weighted by Crippen LogP contribution is -1.92. The lowest BCUT2D eigenvalue weighted by Gasteiger charge is -2.08. The molecule has 2 aromatic carbocycles. The SMILES string of the molecule is Oc1cc(O)c(CCc2ccccc2)c(O)c1. The van der Waals surface area contributed by atoms with Crippen molar-refractivity contribution in [1.82, 2.24) is 0 Å². The summed E-state index contributed by atoms with van der Waals surface area (Å²) in [5, 5.41) is 28.4. The fourth-order valence-corrected chi connectivity index (χ4v) is 1.80. The minimum atomic E-state index is -0.136. The number of phenols is 3. The summed E-state index contributed by atoms with van der Waals surface area (Å²) in [5.41, 5.74) is 1.60. The van der Waals surface area contributed by atoms with Gasteiger partial charge in [-0.05, 0) is 18.4 Å². The van der Waals surface area contributed by atoms with Crippen LogP contribution in [0.1, 0.15) is 11.1 Å². The second-order valence-corrected chi connectivity index (χ2v) is 3.95. The molecular weight excluding hydrogens is 216 g/mol. The number of benzene rings is 2. The van der Waals surface area contributed by atoms with Crippen LogP contribution in [-0.4, -0.2) is 15.3 Å². The second kappa shape index (κ2) is 4.78. The number of aryl methyl sites for hydroxylation is 1. The van der Waals surface area contributed by atoms with Crippen LogP contribution < -0.4 is 0 Å². The predicted molar refractivity (Wildman–Crippen MR) is 65.3 cm³/mol. The van der Waals surface area contributed by atoms with Crippen LogP contribution in [0.2, 0.25) is 0 Å². The largest absolute Gasteiger partial charge is 0.508 e. The molecule has 0 radical (unpaired) electrons. The van der Waals surface area contributed by atoms with E-state index in [-0.39, 0.29) is 17.2 Å². The first-order valence-corrected chi connectivity index (χ1v) is 5.44. The van der Waals surface area contributed by atoms with Gasteiger partial charge in [0.1, 0.15) is 17.2 Å². The molecule has 3 heteroatoms. The van der Waals surface area contributed by atoms with Crippen molar-refractivity contribution >= 4 is 0 Å². The van der Waals surface area contributed by atoms with Crippen LogP contribution in [-0.2, 0) is 12.8 Å². The normalized spacial score (nSPS) is 10.4. The Morgan fingerprint density at radius 1 is 0.765 bits per heavy atom. The van der Waals surface area contributed by atoms with E-state index >= 15 is 0 Å². The van der Waals surface area contributed by atoms with Gasteiger partial charge in [-0.25, -0.2) is 0 Å². The third-order valence-corrected chi connectivity index (χ3v) is 2.69. The Labute approximate surface area is 99.6 Å². The van der Waals surface area contributed by atoms with Crippen molar-refractivity contribution in [3.8, 4) is 17.2 Å². The predicted octanol–water partition coefficient (Wildman–Crippen LogP) is 2.59. The van der Waals surface area contributed by atoms with E-state index in [0.717, 1.165) is 12.0 Å². The van der Waals surface area contributed by atoms with Crippen molar-refractivity contribution in [1.29, 1.82) is 0 Å². The summed E-state index contributed by atoms with van der Waals surface area (Å²) in [6.07, 6.45) is 1.26. The maximum absolute atomic E-state index is 9.63. The van der Waals surface area contributed by atoms with Gasteiger partial charge >= 0.3 is 0 Å². The van der Waals surface area contributed by atoms with Gasteiger partial charge in [-0.3, -0.25) is 0 Å². The van der Waals surface area contributed by atoms with Gasteiger partial charge in [-0.2, -0.15) is 0 Å². The molecule has 3 N–H and O–H groups in total. The lowest BCUT2D eigenvalue weighted by atomic mass is 10.0. The molecule has 0 saturated carbocycles. The number of phenolic OH excluding ortho intramolecular Hbond substituents is 3. The highest BCUT2D eigenvalue weighted by atomic mass is 16.3. The molecule has 0 bridgehead atoms. The average molecular weight is 230 g/mol. The summed E-state index contributed by atoms with van der Waals surface area (Å²) in [5.74, 6) is -0.277. The van der Waals surface area contributed by atoms with E-state index in [0.29, 0.717) is 12.0 Å². The third kappa shape index (κ3) is 2.69. The molecular formula is C14H14O3. The molecule has 0 saturated heterocycles. The number of aromatic hydroxyl groups is 3. The minimum absolute atomic E-state index is 0.0709. The Morgan fingerprint density at radius 3 is 1.94 bits per heavy atom. The fraction of sp³-hybridized carbons (Fsp3) is 0.143. The number of rotatable bonds is 3. The molecule has 17 heavy (non-hydrogen) atoms. The molecule has 0 atom stereocenters. The Balaban J connectivity index is 2.15. The van der Waals surface area contributed by atoms with Crippen LogP contribution >= 0.6 is 0 Å². The molecule has 0 aliphatic carbocycles. The Morgan fingerprint density at radius 2 is 1.35 bits per heavy atom. The van der Waals surface area contributed by atoms with Crippen LogP contribution in [0.25, 0.3) is 0 Å². The van der Waals surface area contributed by atoms with E-state index < -0.39 is 0 Å². The summed E-state index contributed by atoms with van der Waals surface area (Å²) in [6, 6.07) is 12.3. The number of hydrogen-bond acceptors (Lipinski definition) is 3. The van der Waals surface area contributed by atoms with Crippen LogP contribution in [0.5, 0.6) is 17.2 Å². The van der Waals surface area contributed by atoms with Crippen molar-refractivity contribution in [2.24, 2.45) is 0 Å². The van der Waals surface area contributed by atoms with Gasteiger partial charge < -0.3 is 15.3 Å². The van der Waals surface area contributed by atoms with Gasteiger partial charge in [0.05, 0.1) is 0 Å². The summed E-state index contributed by atoms with van der Waals surface area (Å²) < 4.78 is 0. The molecule has 3 nitrogen and oxygen atoms in total. The van der Waals surface area contributed by atoms with Crippen LogP contribution in [0.4, 0.5) is 0 Å². The van der Waals surface area contributed by atoms with Crippen molar-refractivity contribution in [3.05, 3.63) is 53.6 Å². The van der Waals surface area contributed by atoms with Gasteiger partial charge in [0.25, 0.3) is 0 Å². The first kappa shape index (κ1) is 11.3. The third-order valence-electron chi connectivity index (χ3n) is 2.69. The molecule has 88 valence electrons. The van der Waals surface area contributed by atoms with Gasteiger partial charge in [-0.15, -0.1) is 0 Å². The van der Waals surface area contributed by atoms with Crippen LogP contribution in [0.15, 0.2) is 42.5 Å². The highest BCUT2D eigenvalue weighted by Crippen LogP contribution is 2.32. The first-order valence-electron chi connectivity index (χ1n) is 5.44. The standard InChI is InChI=1S/C14H14O3/c15-11-8-13(16)12(14(17)9-11)7-6-10-4-2-1-3-5-10/h1-5,8-9,15-17H,6-7H2. The molecule has 0 aromatic heterocycles. The molecule has 0 unspecified atom stereocenters. The van der Waals surface area contributed by atoms with E-state index in [1.165, 1.54) is 12.1 Å². The maximum Gasteiger partial charge on any atom is 0.126 e. The molecule has 2 rings (SSSR count). The minimum Gasteiger partial charge on any atom is -0.508 e. The van der Waals surface area contributed by atoms with Crippen molar-refractivity contribution in [2.45, 2.75) is 12.8 Å². The summed E-state index contributed by atoms with van der Waals surface area (Å²) in [7, 11) is 0. The van der Waals surface area contributed by atoms with Crippen molar-refractivity contribution in [3.63, 3.8) is 0 Å². The summed E-state index contributed by atoms with van der Waals surface area (Å²) in [4.78, 5) is 0. The molecule has 0 aliphatic rings. The fourth-order valence-electron chi connectivity index (χ4n) is 1.80. The lowest BCUT2D eigenvalue weighted by molar-refractivity contribution is 0.419. The Hall–Kier alpha value is -2.16. The van der Waals surface area contributed by atoms with E-state index in [4.69, 9.17) is 0 Å². The van der Waals surface area contributed by atoms with E-state index in [9.17, 15) is 15.3 Å². The molecule has 0 aliphatic heterocycles. The van der Waals surface area contributed by atoms with E-state index in [2.05, 4.69) is 0 Å². The summed E-state index contributed by atoms with van der Waals surface area (Å²) >= 11 is 0. The van der Waals surface area contributed by atoms with E-state index in [1.54, 1.807) is 0 Å². The molecule has 2 aromatic rings. The zero-order valence-electron chi connectivity index (χ0n) is 9.30. The van der Waals surface area contributed by atoms with Gasteiger partial charge in [0.2, 0.25) is 0 Å². The van der Waals surface area contributed by atoms with Gasteiger partial charge in [-0.1, -0.05) is 30.3 Å². The molecule has 0 spiro atoms. The maximum atomic E-state index is 9.63. The quantitative estimate of drug-likeness (QED) is 0.759. The Kier molecular flexibility index (Phi) is 3.19. The van der Waals surface area contributed by atoms with Gasteiger partial charge in [0, 0.05) is 17.7 Å². The number of hydrogen-bond donors (Lipinski definition) is 3. The highest BCUT2D eigenvalue weighted by molar-refractivity contribution is 5.48. The van der Waals surface area contributed by atoms with Crippen LogP contribution in [0.3, 0.4) is 0 Å². The average Bonchev–Trinajstić information content (AvgIpc) is 2.29. The van der Waals surface area contributed by atoms with Crippen LogP contribution in [0, 0.1) is 0 Å². The van der Waals surface area contributed by atoms with Crippen molar-refractivity contribution in [2.75, 3.05) is 0 Å². The van der Waals surface area contributed by atoms with E-state index in [1.807, 2.05) is 30.3 Å². The Bertz CT molecular complexity index is 483. The second-order valence-electron chi connectivity index (χ2n) is 3.95. The molecule has 0 fully saturated rings. The first-order chi connectivity index (χ1) is 8.16. The zero-order chi connectivity index (χ0) is 12.3. The highest BCUT2D eigenvalue weighted by Gasteiger charge is 2.09. The molecule has 0 heterocycles. The van der Waals surface area contributed by atoms with Gasteiger partial charge in [0.15, 0.2) is 0 Å². The topological polar surface area (TPSA) is 60.7 Å². The zero-order valence-corrected chi connectivity index (χ0v) is 9.30.